The van der Waals surface area contributed by atoms with Crippen LogP contribution in [0.3, 0.4) is 0 Å². The lowest BCUT2D eigenvalue weighted by atomic mass is 9.89. The largest absolute Gasteiger partial charge is 0.504 e. The van der Waals surface area contributed by atoms with E-state index >= 15 is 0 Å². The summed E-state index contributed by atoms with van der Waals surface area (Å²) in [5, 5.41) is 34.7. The minimum Gasteiger partial charge on any atom is -0.504 e. The summed E-state index contributed by atoms with van der Waals surface area (Å²) in [6, 6.07) is 13.8. The number of aliphatic hydroxyl groups excluding tert-OH is 1. The Hall–Kier alpha value is -3.44. The van der Waals surface area contributed by atoms with Gasteiger partial charge in [0, 0.05) is 25.5 Å². The highest BCUT2D eigenvalue weighted by Crippen LogP contribution is 2.35. The van der Waals surface area contributed by atoms with Gasteiger partial charge in [0.05, 0.1) is 13.7 Å². The maximum atomic E-state index is 13.5. The standard InChI is InChI=1S/C26H29NO9/c1-15(28)34-23-22(30)21-13-27-14-26(32,36-21)24(23)35-25(31)18(10-16-6-4-3-5-7-16)11-17-8-9-19(29)20(12-17)33-2/h3-9,11-12,21-24,27,29-30,32H,10,13-14H2,1-2H3/b18-11+/t21-,22-,23+,24+,26+/m0/s1. The first-order chi connectivity index (χ1) is 17.2. The number of hydrogen-bond acceptors (Lipinski definition) is 10. The molecule has 36 heavy (non-hydrogen) atoms. The van der Waals surface area contributed by atoms with E-state index in [4.69, 9.17) is 18.9 Å². The summed E-state index contributed by atoms with van der Waals surface area (Å²) in [6.07, 6.45) is -3.26. The molecule has 10 nitrogen and oxygen atoms in total. The van der Waals surface area contributed by atoms with E-state index in [2.05, 4.69) is 5.32 Å². The van der Waals surface area contributed by atoms with Gasteiger partial charge in [-0.2, -0.15) is 0 Å². The van der Waals surface area contributed by atoms with E-state index in [1.165, 1.54) is 13.2 Å². The van der Waals surface area contributed by atoms with Crippen LogP contribution in [0.15, 0.2) is 54.1 Å². The second-order valence-corrected chi connectivity index (χ2v) is 8.79. The van der Waals surface area contributed by atoms with Gasteiger partial charge in [-0.15, -0.1) is 0 Å². The molecule has 2 saturated heterocycles. The van der Waals surface area contributed by atoms with Crippen molar-refractivity contribution in [3.63, 3.8) is 0 Å². The third kappa shape index (κ3) is 5.52. The van der Waals surface area contributed by atoms with Gasteiger partial charge in [0.15, 0.2) is 23.7 Å². The smallest absolute Gasteiger partial charge is 0.334 e. The Balaban J connectivity index is 1.68. The zero-order valence-corrected chi connectivity index (χ0v) is 19.9. The fourth-order valence-electron chi connectivity index (χ4n) is 4.40. The number of ether oxygens (including phenoxy) is 4. The Morgan fingerprint density at radius 2 is 1.94 bits per heavy atom. The van der Waals surface area contributed by atoms with Crippen LogP contribution in [-0.2, 0) is 30.2 Å². The summed E-state index contributed by atoms with van der Waals surface area (Å²) >= 11 is 0. The molecule has 4 rings (SSSR count). The molecule has 0 aliphatic carbocycles. The van der Waals surface area contributed by atoms with Crippen molar-refractivity contribution in [3.05, 3.63) is 65.2 Å². The number of phenols is 1. The van der Waals surface area contributed by atoms with E-state index in [1.54, 1.807) is 18.2 Å². The summed E-state index contributed by atoms with van der Waals surface area (Å²) in [7, 11) is 1.41. The molecule has 192 valence electrons. The molecule has 0 spiro atoms. The van der Waals surface area contributed by atoms with Crippen molar-refractivity contribution in [2.75, 3.05) is 20.2 Å². The monoisotopic (exact) mass is 499 g/mol. The second kappa shape index (κ2) is 10.7. The third-order valence-corrected chi connectivity index (χ3v) is 6.12. The molecular formula is C26H29NO9. The fourth-order valence-corrected chi connectivity index (χ4v) is 4.40. The van der Waals surface area contributed by atoms with Crippen LogP contribution in [0.25, 0.3) is 6.08 Å². The average Bonchev–Trinajstić information content (AvgIpc) is 2.86. The minimum atomic E-state index is -2.02. The topological polar surface area (TPSA) is 144 Å². The summed E-state index contributed by atoms with van der Waals surface area (Å²) < 4.78 is 21.8. The van der Waals surface area contributed by atoms with Crippen LogP contribution in [0, 0.1) is 0 Å². The molecule has 2 fully saturated rings. The zero-order valence-electron chi connectivity index (χ0n) is 19.9. The van der Waals surface area contributed by atoms with Crippen LogP contribution in [-0.4, -0.2) is 77.7 Å². The molecule has 0 amide bonds. The predicted octanol–water partition coefficient (Wildman–Crippen LogP) is 0.922. The van der Waals surface area contributed by atoms with Gasteiger partial charge in [0.2, 0.25) is 5.79 Å². The number of aliphatic hydroxyl groups is 2. The van der Waals surface area contributed by atoms with Gasteiger partial charge in [-0.1, -0.05) is 36.4 Å². The number of phenolic OH excluding ortho intramolecular Hbond substituents is 1. The molecule has 5 atom stereocenters. The van der Waals surface area contributed by atoms with Gasteiger partial charge in [-0.3, -0.25) is 4.79 Å². The van der Waals surface area contributed by atoms with E-state index in [-0.39, 0.29) is 36.6 Å². The van der Waals surface area contributed by atoms with Crippen LogP contribution in [0.1, 0.15) is 18.1 Å². The Labute approximate surface area is 208 Å². The number of benzene rings is 2. The predicted molar refractivity (Wildman–Crippen MR) is 127 cm³/mol. The van der Waals surface area contributed by atoms with Crippen molar-refractivity contribution in [1.29, 1.82) is 0 Å². The van der Waals surface area contributed by atoms with Crippen molar-refractivity contribution in [2.45, 2.75) is 43.5 Å². The number of aromatic hydroxyl groups is 1. The Morgan fingerprint density at radius 1 is 1.19 bits per heavy atom. The lowest BCUT2D eigenvalue weighted by molar-refractivity contribution is -0.355. The lowest BCUT2D eigenvalue weighted by Crippen LogP contribution is -2.73. The van der Waals surface area contributed by atoms with Crippen LogP contribution < -0.4 is 10.1 Å². The van der Waals surface area contributed by atoms with Gasteiger partial charge in [-0.25, -0.2) is 4.79 Å². The number of esters is 2. The molecule has 2 heterocycles. The average molecular weight is 500 g/mol. The summed E-state index contributed by atoms with van der Waals surface area (Å²) in [4.78, 5) is 25.3. The number of methoxy groups -OCH3 is 1. The maximum absolute atomic E-state index is 13.5. The number of rotatable bonds is 7. The minimum absolute atomic E-state index is 0.0547. The summed E-state index contributed by atoms with van der Waals surface area (Å²) in [5.74, 6) is -3.35. The SMILES string of the molecule is COc1cc(/C=C(\Cc2ccccc2)C(=O)O[C@@H]2[C@H](OC(C)=O)[C@@H](O)[C@@H]3CNC[C@@]2(O)O3)ccc1O. The van der Waals surface area contributed by atoms with Crippen molar-refractivity contribution < 1.29 is 43.9 Å². The molecule has 0 unspecified atom stereocenters. The molecule has 2 aliphatic rings. The molecule has 2 aromatic carbocycles. The summed E-state index contributed by atoms with van der Waals surface area (Å²) in [6.45, 7) is 1.29. The quantitative estimate of drug-likeness (QED) is 0.321. The Kier molecular flexibility index (Phi) is 7.60. The van der Waals surface area contributed by atoms with Gasteiger partial charge in [-0.05, 0) is 29.3 Å². The van der Waals surface area contributed by atoms with Crippen molar-refractivity contribution in [1.82, 2.24) is 5.32 Å². The molecule has 0 radical (unpaired) electrons. The molecule has 2 bridgehead atoms. The molecule has 0 aromatic heterocycles. The lowest BCUT2D eigenvalue weighted by Gasteiger charge is -2.51. The number of carbonyl (C=O) groups is 2. The number of hydrogen-bond donors (Lipinski definition) is 4. The maximum Gasteiger partial charge on any atom is 0.334 e. The number of morpholine rings is 1. The highest BCUT2D eigenvalue weighted by Gasteiger charge is 2.59. The normalized spacial score (nSPS) is 27.7. The summed E-state index contributed by atoms with van der Waals surface area (Å²) in [5.41, 5.74) is 1.59. The van der Waals surface area contributed by atoms with Gasteiger partial charge < -0.3 is 39.6 Å². The molecule has 10 heteroatoms. The number of β-amino-alcohol motifs (C(OH)–C–C–N with tert-alkyl or cyclic N) is 1. The van der Waals surface area contributed by atoms with Crippen LogP contribution >= 0.6 is 0 Å². The fraction of sp³-hybridized carbons (Fsp3) is 0.385. The molecule has 2 aromatic rings. The second-order valence-electron chi connectivity index (χ2n) is 8.79. The van der Waals surface area contributed by atoms with Crippen molar-refractivity contribution in [3.8, 4) is 11.5 Å². The molecule has 2 aliphatic heterocycles. The Morgan fingerprint density at radius 3 is 2.64 bits per heavy atom. The van der Waals surface area contributed by atoms with Crippen molar-refractivity contribution in [2.24, 2.45) is 0 Å². The first kappa shape index (κ1) is 25.6. The first-order valence-corrected chi connectivity index (χ1v) is 11.5. The van der Waals surface area contributed by atoms with Crippen LogP contribution in [0.2, 0.25) is 0 Å². The molecule has 0 saturated carbocycles. The molecular weight excluding hydrogens is 470 g/mol. The zero-order chi connectivity index (χ0) is 25.9. The van der Waals surface area contributed by atoms with E-state index < -0.39 is 42.1 Å². The number of fused-ring (bicyclic) bond motifs is 2. The van der Waals surface area contributed by atoms with Gasteiger partial charge in [0.1, 0.15) is 12.2 Å². The molecule has 4 N–H and O–H groups in total. The van der Waals surface area contributed by atoms with E-state index in [0.29, 0.717) is 5.56 Å². The van der Waals surface area contributed by atoms with Gasteiger partial charge in [0.25, 0.3) is 0 Å². The highest BCUT2D eigenvalue weighted by molar-refractivity contribution is 5.94. The Bertz CT molecular complexity index is 1140. The van der Waals surface area contributed by atoms with E-state index in [1.807, 2.05) is 30.3 Å². The van der Waals surface area contributed by atoms with Crippen LogP contribution in [0.4, 0.5) is 0 Å². The number of nitrogens with one attached hydrogen (secondary N) is 1. The van der Waals surface area contributed by atoms with Gasteiger partial charge >= 0.3 is 11.9 Å². The number of carbonyl (C=O) groups excluding carboxylic acids is 2. The third-order valence-electron chi connectivity index (χ3n) is 6.12. The first-order valence-electron chi connectivity index (χ1n) is 11.5. The van der Waals surface area contributed by atoms with E-state index in [9.17, 15) is 24.9 Å². The van der Waals surface area contributed by atoms with E-state index in [0.717, 1.165) is 12.5 Å². The van der Waals surface area contributed by atoms with Crippen LogP contribution in [0.5, 0.6) is 11.5 Å². The van der Waals surface area contributed by atoms with Crippen molar-refractivity contribution >= 4 is 18.0 Å². The highest BCUT2D eigenvalue weighted by atomic mass is 16.7.